The Balaban J connectivity index is 1.28. The second-order valence-electron chi connectivity index (χ2n) is 8.51. The normalized spacial score (nSPS) is 25.6. The quantitative estimate of drug-likeness (QED) is 0.479. The number of imide groups is 1. The minimum atomic E-state index is -0.352. The fourth-order valence-corrected chi connectivity index (χ4v) is 5.63. The summed E-state index contributed by atoms with van der Waals surface area (Å²) < 4.78 is 0. The molecule has 32 heavy (non-hydrogen) atoms. The minimum absolute atomic E-state index is 0.129. The van der Waals surface area contributed by atoms with Crippen molar-refractivity contribution in [3.05, 3.63) is 77.5 Å². The average Bonchev–Trinajstić information content (AvgIpc) is 3.48. The van der Waals surface area contributed by atoms with Crippen LogP contribution in [0.25, 0.3) is 10.9 Å². The second-order valence-corrected chi connectivity index (χ2v) is 8.92. The molecule has 1 saturated carbocycles. The molecule has 0 radical (unpaired) electrons. The fourth-order valence-electron chi connectivity index (χ4n) is 5.37. The molecule has 2 fully saturated rings. The van der Waals surface area contributed by atoms with E-state index in [4.69, 9.17) is 11.6 Å². The Bertz CT molecular complexity index is 1320. The zero-order valence-electron chi connectivity index (χ0n) is 16.9. The van der Waals surface area contributed by atoms with Crippen LogP contribution in [0, 0.1) is 23.7 Å². The van der Waals surface area contributed by atoms with E-state index in [-0.39, 0.29) is 46.4 Å². The first kappa shape index (κ1) is 19.2. The molecule has 1 aromatic heterocycles. The van der Waals surface area contributed by atoms with E-state index in [1.165, 1.54) is 11.0 Å². The van der Waals surface area contributed by atoms with Gasteiger partial charge in [0, 0.05) is 17.1 Å². The number of hydrogen-bond donors (Lipinski definition) is 1. The van der Waals surface area contributed by atoms with Gasteiger partial charge < -0.3 is 5.32 Å². The topological polar surface area (TPSA) is 79.4 Å². The Kier molecular flexibility index (Phi) is 4.20. The Morgan fingerprint density at radius 3 is 2.44 bits per heavy atom. The molecule has 1 aliphatic heterocycles. The van der Waals surface area contributed by atoms with E-state index in [0.29, 0.717) is 22.5 Å². The number of pyridine rings is 1. The minimum Gasteiger partial charge on any atom is -0.320 e. The number of amides is 3. The molecule has 4 atom stereocenters. The van der Waals surface area contributed by atoms with E-state index in [1.807, 2.05) is 24.3 Å². The van der Waals surface area contributed by atoms with Gasteiger partial charge in [-0.3, -0.25) is 19.4 Å². The number of fused-ring (bicyclic) bond motifs is 6. The number of hydrogen-bond acceptors (Lipinski definition) is 4. The molecule has 2 bridgehead atoms. The van der Waals surface area contributed by atoms with Crippen LogP contribution < -0.4 is 10.2 Å². The van der Waals surface area contributed by atoms with E-state index < -0.39 is 0 Å². The van der Waals surface area contributed by atoms with Gasteiger partial charge in [-0.2, -0.15) is 0 Å². The zero-order chi connectivity index (χ0) is 22.0. The Labute approximate surface area is 188 Å². The summed E-state index contributed by atoms with van der Waals surface area (Å²) in [6.45, 7) is 0. The molecule has 2 aromatic carbocycles. The van der Waals surface area contributed by atoms with Crippen LogP contribution in [0.2, 0.25) is 5.02 Å². The van der Waals surface area contributed by atoms with Crippen molar-refractivity contribution < 1.29 is 14.4 Å². The smallest absolute Gasteiger partial charge is 0.255 e. The highest BCUT2D eigenvalue weighted by Gasteiger charge is 2.59. The molecule has 2 aliphatic carbocycles. The molecule has 158 valence electrons. The number of carbonyl (C=O) groups excluding carboxylic acids is 3. The lowest BCUT2D eigenvalue weighted by molar-refractivity contribution is -0.123. The van der Waals surface area contributed by atoms with Crippen molar-refractivity contribution in [2.45, 2.75) is 6.42 Å². The molecule has 1 N–H and O–H groups in total. The van der Waals surface area contributed by atoms with E-state index in [2.05, 4.69) is 22.5 Å². The van der Waals surface area contributed by atoms with E-state index in [9.17, 15) is 14.4 Å². The van der Waals surface area contributed by atoms with Crippen molar-refractivity contribution in [2.24, 2.45) is 23.7 Å². The summed E-state index contributed by atoms with van der Waals surface area (Å²) in [5.74, 6) is -1.08. The first-order valence-corrected chi connectivity index (χ1v) is 10.9. The van der Waals surface area contributed by atoms with Gasteiger partial charge in [-0.1, -0.05) is 42.0 Å². The summed E-state index contributed by atoms with van der Waals surface area (Å²) in [5, 5.41) is 3.98. The molecular formula is C25H18ClN3O3. The highest BCUT2D eigenvalue weighted by atomic mass is 35.5. The lowest BCUT2D eigenvalue weighted by Gasteiger charge is -2.19. The van der Waals surface area contributed by atoms with E-state index >= 15 is 0 Å². The average molecular weight is 444 g/mol. The summed E-state index contributed by atoms with van der Waals surface area (Å²) in [4.78, 5) is 44.5. The van der Waals surface area contributed by atoms with E-state index in [0.717, 1.165) is 11.8 Å². The van der Waals surface area contributed by atoms with Crippen LogP contribution in [0.15, 0.2) is 66.9 Å². The molecule has 2 heterocycles. The number of allylic oxidation sites excluding steroid dienone is 2. The lowest BCUT2D eigenvalue weighted by atomic mass is 9.85. The molecule has 3 aliphatic rings. The third kappa shape index (κ3) is 2.72. The molecule has 0 spiro atoms. The van der Waals surface area contributed by atoms with Crippen molar-refractivity contribution in [3.63, 3.8) is 0 Å². The summed E-state index contributed by atoms with van der Waals surface area (Å²) in [6.07, 6.45) is 6.65. The SMILES string of the molecule is O=C(Nc1cccc2cccnc12)c1ccc(N2C(=O)[C@@H]3[C@H](C2=O)[C@@H]2C=C[C@H]3C2)c(Cl)c1. The molecule has 6 nitrogen and oxygen atoms in total. The maximum absolute atomic E-state index is 13.1. The summed E-state index contributed by atoms with van der Waals surface area (Å²) in [6, 6.07) is 14.0. The van der Waals surface area contributed by atoms with Gasteiger partial charge in [-0.15, -0.1) is 0 Å². The third-order valence-electron chi connectivity index (χ3n) is 6.80. The number of aromatic nitrogens is 1. The Morgan fingerprint density at radius 2 is 1.72 bits per heavy atom. The van der Waals surface area contributed by atoms with Crippen molar-refractivity contribution in [3.8, 4) is 0 Å². The van der Waals surface area contributed by atoms with Crippen LogP contribution in [-0.2, 0) is 9.59 Å². The maximum atomic E-state index is 13.1. The van der Waals surface area contributed by atoms with Gasteiger partial charge in [0.05, 0.1) is 33.7 Å². The predicted octanol–water partition coefficient (Wildman–Crippen LogP) is 4.45. The number of benzene rings is 2. The van der Waals surface area contributed by atoms with Gasteiger partial charge in [0.2, 0.25) is 11.8 Å². The number of rotatable bonds is 3. The summed E-state index contributed by atoms with van der Waals surface area (Å²) in [5.41, 5.74) is 1.94. The van der Waals surface area contributed by atoms with Crippen LogP contribution in [0.1, 0.15) is 16.8 Å². The number of nitrogens with one attached hydrogen (secondary N) is 1. The lowest BCUT2D eigenvalue weighted by Crippen LogP contribution is -2.33. The number of carbonyl (C=O) groups is 3. The van der Waals surface area contributed by atoms with Gasteiger partial charge >= 0.3 is 0 Å². The third-order valence-corrected chi connectivity index (χ3v) is 7.10. The molecule has 6 rings (SSSR count). The highest BCUT2D eigenvalue weighted by molar-refractivity contribution is 6.36. The monoisotopic (exact) mass is 443 g/mol. The van der Waals surface area contributed by atoms with Crippen molar-refractivity contribution in [1.82, 2.24) is 4.98 Å². The van der Waals surface area contributed by atoms with Gasteiger partial charge in [-0.25, -0.2) is 4.90 Å². The van der Waals surface area contributed by atoms with Crippen molar-refractivity contribution in [1.29, 1.82) is 0 Å². The maximum Gasteiger partial charge on any atom is 0.255 e. The van der Waals surface area contributed by atoms with Gasteiger partial charge in [0.1, 0.15) is 0 Å². The van der Waals surface area contributed by atoms with Crippen molar-refractivity contribution >= 4 is 51.6 Å². The van der Waals surface area contributed by atoms with Gasteiger partial charge in [-0.05, 0) is 48.6 Å². The molecule has 3 amide bonds. The molecule has 0 unspecified atom stereocenters. The summed E-state index contributed by atoms with van der Waals surface area (Å²) >= 11 is 6.47. The second kappa shape index (κ2) is 7.00. The number of anilines is 2. The first-order valence-electron chi connectivity index (χ1n) is 10.5. The number of nitrogens with zero attached hydrogens (tertiary/aromatic N) is 2. The number of halogens is 1. The molecule has 3 aromatic rings. The first-order chi connectivity index (χ1) is 15.5. The molecule has 1 saturated heterocycles. The van der Waals surface area contributed by atoms with Crippen LogP contribution in [-0.4, -0.2) is 22.7 Å². The predicted molar refractivity (Wildman–Crippen MR) is 121 cm³/mol. The van der Waals surface area contributed by atoms with Gasteiger partial charge in [0.25, 0.3) is 5.91 Å². The zero-order valence-corrected chi connectivity index (χ0v) is 17.6. The Morgan fingerprint density at radius 1 is 1.00 bits per heavy atom. The Hall–Kier alpha value is -3.51. The van der Waals surface area contributed by atoms with Crippen LogP contribution in [0.3, 0.4) is 0 Å². The molecule has 7 heteroatoms. The highest BCUT2D eigenvalue weighted by Crippen LogP contribution is 2.53. The molecular weight excluding hydrogens is 426 g/mol. The largest absolute Gasteiger partial charge is 0.320 e. The fraction of sp³-hybridized carbons (Fsp3) is 0.200. The van der Waals surface area contributed by atoms with Crippen molar-refractivity contribution in [2.75, 3.05) is 10.2 Å². The number of para-hydroxylation sites is 1. The van der Waals surface area contributed by atoms with Crippen LogP contribution >= 0.6 is 11.6 Å². The van der Waals surface area contributed by atoms with E-state index in [1.54, 1.807) is 24.4 Å². The van der Waals surface area contributed by atoms with Crippen LogP contribution in [0.4, 0.5) is 11.4 Å². The van der Waals surface area contributed by atoms with Gasteiger partial charge in [0.15, 0.2) is 0 Å². The van der Waals surface area contributed by atoms with Crippen LogP contribution in [0.5, 0.6) is 0 Å². The summed E-state index contributed by atoms with van der Waals surface area (Å²) in [7, 11) is 0. The standard InChI is InChI=1S/C25H18ClN3O3/c26-17-12-16(23(30)28-18-5-1-3-13-4-2-10-27-22(13)18)8-9-19(17)29-24(31)20-14-6-7-15(11-14)21(20)25(29)32/h1-10,12,14-15,20-21H,11H2,(H,28,30)/t14-,15+,20-,21+.